The second-order valence-electron chi connectivity index (χ2n) is 7.95. The second kappa shape index (κ2) is 9.32. The summed E-state index contributed by atoms with van der Waals surface area (Å²) in [5.74, 6) is -1.45. The summed E-state index contributed by atoms with van der Waals surface area (Å²) in [5, 5.41) is 13.8. The maximum absolute atomic E-state index is 13.4. The first kappa shape index (κ1) is 23.8. The lowest BCUT2D eigenvalue weighted by Gasteiger charge is -2.32. The average molecular weight is 468 g/mol. The molecule has 1 aliphatic rings. The topological polar surface area (TPSA) is 108 Å². The van der Waals surface area contributed by atoms with Gasteiger partial charge in [-0.1, -0.05) is 30.3 Å². The Kier molecular flexibility index (Phi) is 6.93. The number of nitrogens with one attached hydrogen (secondary N) is 2. The first-order chi connectivity index (χ1) is 15.0. The molecule has 2 aromatic rings. The number of alkyl halides is 3. The molecule has 3 rings (SSSR count). The summed E-state index contributed by atoms with van der Waals surface area (Å²) in [6, 6.07) is 11.3. The lowest BCUT2D eigenvalue weighted by Crippen LogP contribution is -2.42. The minimum Gasteiger partial charge on any atom is -0.367 e. The number of nitrogens with zero attached hydrogens (tertiary/aromatic N) is 3. The Labute approximate surface area is 185 Å². The van der Waals surface area contributed by atoms with E-state index in [0.717, 1.165) is 5.56 Å². The van der Waals surface area contributed by atoms with Crippen LogP contribution in [0.15, 0.2) is 36.4 Å². The maximum Gasteiger partial charge on any atom is 0.451 e. The van der Waals surface area contributed by atoms with Crippen molar-refractivity contribution in [3.63, 3.8) is 0 Å². The van der Waals surface area contributed by atoms with Crippen LogP contribution >= 0.6 is 0 Å². The van der Waals surface area contributed by atoms with Crippen LogP contribution in [-0.4, -0.2) is 34.9 Å². The second-order valence-corrected chi connectivity index (χ2v) is 10.7. The largest absolute Gasteiger partial charge is 0.451 e. The summed E-state index contributed by atoms with van der Waals surface area (Å²) in [4.78, 5) is 7.22. The highest BCUT2D eigenvalue weighted by molar-refractivity contribution is 7.92. The zero-order valence-electron chi connectivity index (χ0n) is 17.6. The van der Waals surface area contributed by atoms with Crippen LogP contribution in [0.1, 0.15) is 50.5 Å². The number of benzene rings is 1. The van der Waals surface area contributed by atoms with Gasteiger partial charge in [0.25, 0.3) is 0 Å². The summed E-state index contributed by atoms with van der Waals surface area (Å²) in [6.45, 7) is 3.19. The van der Waals surface area contributed by atoms with Gasteiger partial charge in [0.1, 0.15) is 11.6 Å². The standard InChI is InChI=1S/C21H24F3N5O2S/c1-13-10-16(11-14(2)32(13,30)31)26-18-12-19(29-20(28-18)21(22,23)24)27-17(8-9-25)15-6-4-3-5-7-15/h3-7,12-14,16-17H,8,10-11H2,1-2H3,(H2,26,27,28,29)/t13-,14+,16?,17?. The van der Waals surface area contributed by atoms with Crippen LogP contribution in [-0.2, 0) is 16.0 Å². The van der Waals surface area contributed by atoms with Gasteiger partial charge in [-0.05, 0) is 32.3 Å². The molecule has 2 N–H and O–H groups in total. The number of anilines is 2. The third-order valence-corrected chi connectivity index (χ3v) is 8.13. The van der Waals surface area contributed by atoms with Crippen LogP contribution in [0.25, 0.3) is 0 Å². The van der Waals surface area contributed by atoms with E-state index < -0.39 is 38.4 Å². The summed E-state index contributed by atoms with van der Waals surface area (Å²) >= 11 is 0. The predicted molar refractivity (Wildman–Crippen MR) is 115 cm³/mol. The number of halogens is 3. The number of hydrogen-bond donors (Lipinski definition) is 2. The Bertz CT molecular complexity index is 1070. The minimum atomic E-state index is -4.78. The van der Waals surface area contributed by atoms with Gasteiger partial charge in [-0.15, -0.1) is 0 Å². The van der Waals surface area contributed by atoms with Crippen LogP contribution < -0.4 is 10.6 Å². The number of hydrogen-bond acceptors (Lipinski definition) is 7. The molecular formula is C21H24F3N5O2S. The van der Waals surface area contributed by atoms with Crippen LogP contribution in [0.2, 0.25) is 0 Å². The van der Waals surface area contributed by atoms with Crippen molar-refractivity contribution < 1.29 is 21.6 Å². The fraction of sp³-hybridized carbons (Fsp3) is 0.476. The summed E-state index contributed by atoms with van der Waals surface area (Å²) in [6.07, 6.45) is -4.22. The molecule has 0 saturated carbocycles. The van der Waals surface area contributed by atoms with Gasteiger partial charge < -0.3 is 10.6 Å². The lowest BCUT2D eigenvalue weighted by atomic mass is 10.0. The molecule has 1 aromatic carbocycles. The Balaban J connectivity index is 1.89. The van der Waals surface area contributed by atoms with Crippen molar-refractivity contribution in [1.82, 2.24) is 9.97 Å². The summed E-state index contributed by atoms with van der Waals surface area (Å²) in [7, 11) is -3.25. The Morgan fingerprint density at radius 3 is 2.28 bits per heavy atom. The molecule has 0 amide bonds. The smallest absolute Gasteiger partial charge is 0.367 e. The molecule has 7 nitrogen and oxygen atoms in total. The molecule has 1 saturated heterocycles. The van der Waals surface area contributed by atoms with Gasteiger partial charge >= 0.3 is 6.18 Å². The van der Waals surface area contributed by atoms with Gasteiger partial charge in [0.05, 0.1) is 29.0 Å². The molecule has 172 valence electrons. The molecule has 2 heterocycles. The van der Waals surface area contributed by atoms with Gasteiger partial charge in [0.2, 0.25) is 5.82 Å². The van der Waals surface area contributed by atoms with Crippen molar-refractivity contribution in [3.05, 3.63) is 47.8 Å². The van der Waals surface area contributed by atoms with Crippen molar-refractivity contribution in [2.45, 2.75) is 61.9 Å². The van der Waals surface area contributed by atoms with E-state index >= 15 is 0 Å². The molecule has 1 aliphatic heterocycles. The molecule has 1 aromatic heterocycles. The van der Waals surface area contributed by atoms with E-state index in [1.54, 1.807) is 44.2 Å². The van der Waals surface area contributed by atoms with E-state index in [4.69, 9.17) is 5.26 Å². The van der Waals surface area contributed by atoms with Gasteiger partial charge in [0, 0.05) is 12.1 Å². The lowest BCUT2D eigenvalue weighted by molar-refractivity contribution is -0.144. The third-order valence-electron chi connectivity index (χ3n) is 5.51. The zero-order valence-corrected chi connectivity index (χ0v) is 18.4. The van der Waals surface area contributed by atoms with E-state index in [0.29, 0.717) is 0 Å². The molecule has 11 heteroatoms. The number of nitriles is 1. The highest BCUT2D eigenvalue weighted by Crippen LogP contribution is 2.32. The van der Waals surface area contributed by atoms with E-state index in [9.17, 15) is 21.6 Å². The van der Waals surface area contributed by atoms with E-state index in [1.165, 1.54) is 6.07 Å². The molecule has 1 fully saturated rings. The highest BCUT2D eigenvalue weighted by atomic mass is 32.2. The fourth-order valence-electron chi connectivity index (χ4n) is 3.82. The monoisotopic (exact) mass is 467 g/mol. The highest BCUT2D eigenvalue weighted by Gasteiger charge is 2.38. The van der Waals surface area contributed by atoms with Crippen LogP contribution in [0.4, 0.5) is 24.8 Å². The molecule has 0 bridgehead atoms. The Morgan fingerprint density at radius 2 is 1.72 bits per heavy atom. The third kappa shape index (κ3) is 5.48. The van der Waals surface area contributed by atoms with E-state index in [2.05, 4.69) is 20.6 Å². The van der Waals surface area contributed by atoms with Gasteiger partial charge in [-0.2, -0.15) is 18.4 Å². The minimum absolute atomic E-state index is 0.0215. The van der Waals surface area contributed by atoms with Crippen molar-refractivity contribution in [3.8, 4) is 6.07 Å². The molecule has 0 spiro atoms. The summed E-state index contributed by atoms with van der Waals surface area (Å²) in [5.41, 5.74) is 0.732. The van der Waals surface area contributed by atoms with Crippen LogP contribution in [0, 0.1) is 11.3 Å². The molecule has 0 radical (unpaired) electrons. The van der Waals surface area contributed by atoms with Crippen molar-refractivity contribution in [2.75, 3.05) is 10.6 Å². The SMILES string of the molecule is C[C@@H]1CC(Nc2cc(NC(CC#N)c3ccccc3)nc(C(F)(F)F)n2)C[C@H](C)S1(=O)=O. The normalized spacial score (nSPS) is 23.7. The van der Waals surface area contributed by atoms with Gasteiger partial charge in [0.15, 0.2) is 9.84 Å². The van der Waals surface area contributed by atoms with Crippen LogP contribution in [0.3, 0.4) is 0 Å². The van der Waals surface area contributed by atoms with Crippen molar-refractivity contribution in [1.29, 1.82) is 5.26 Å². The number of sulfone groups is 1. The molecule has 4 atom stereocenters. The first-order valence-electron chi connectivity index (χ1n) is 10.1. The molecular weight excluding hydrogens is 443 g/mol. The van der Waals surface area contributed by atoms with Crippen molar-refractivity contribution >= 4 is 21.5 Å². The van der Waals surface area contributed by atoms with Crippen LogP contribution in [0.5, 0.6) is 0 Å². The van der Waals surface area contributed by atoms with E-state index in [1.807, 2.05) is 6.07 Å². The van der Waals surface area contributed by atoms with E-state index in [-0.39, 0.29) is 36.9 Å². The number of aromatic nitrogens is 2. The predicted octanol–water partition coefficient (Wildman–Crippen LogP) is 4.33. The Morgan fingerprint density at radius 1 is 1.12 bits per heavy atom. The zero-order chi connectivity index (χ0) is 23.5. The maximum atomic E-state index is 13.4. The van der Waals surface area contributed by atoms with Crippen molar-refractivity contribution in [2.24, 2.45) is 0 Å². The quantitative estimate of drug-likeness (QED) is 0.651. The number of rotatable bonds is 6. The molecule has 0 aliphatic carbocycles. The average Bonchev–Trinajstić information content (AvgIpc) is 2.72. The Hall–Kier alpha value is -2.87. The summed E-state index contributed by atoms with van der Waals surface area (Å²) < 4.78 is 64.8. The fourth-order valence-corrected chi connectivity index (χ4v) is 5.61. The van der Waals surface area contributed by atoms with Gasteiger partial charge in [-0.25, -0.2) is 18.4 Å². The molecule has 32 heavy (non-hydrogen) atoms. The first-order valence-corrected chi connectivity index (χ1v) is 11.8. The molecule has 2 unspecified atom stereocenters. The van der Waals surface area contributed by atoms with Gasteiger partial charge in [-0.3, -0.25) is 0 Å².